The first-order valence-corrected chi connectivity index (χ1v) is 3.19. The lowest BCUT2D eigenvalue weighted by Crippen LogP contribution is -2.06. The Balaban J connectivity index is 2.29. The molecule has 0 saturated carbocycles. The van der Waals surface area contributed by atoms with Gasteiger partial charge in [-0.3, -0.25) is 9.98 Å². The zero-order chi connectivity index (χ0) is 6.10. The van der Waals surface area contributed by atoms with E-state index in [1.165, 1.54) is 5.57 Å². The molecule has 2 aliphatic rings. The molecule has 0 amide bonds. The molecule has 0 aromatic heterocycles. The van der Waals surface area contributed by atoms with Crippen molar-refractivity contribution in [1.82, 2.24) is 0 Å². The van der Waals surface area contributed by atoms with Gasteiger partial charge in [0, 0.05) is 31.5 Å². The first-order valence-electron chi connectivity index (χ1n) is 3.19. The van der Waals surface area contributed by atoms with E-state index in [9.17, 15) is 0 Å². The van der Waals surface area contributed by atoms with Gasteiger partial charge in [0.1, 0.15) is 0 Å². The zero-order valence-corrected chi connectivity index (χ0v) is 5.12. The van der Waals surface area contributed by atoms with Crippen molar-refractivity contribution < 1.29 is 0 Å². The molecule has 1 atom stereocenters. The molecule has 2 heteroatoms. The normalized spacial score (nSPS) is 30.2. The summed E-state index contributed by atoms with van der Waals surface area (Å²) in [5.41, 5.74) is 1.37. The van der Waals surface area contributed by atoms with Crippen LogP contribution in [0.2, 0.25) is 0 Å². The molecule has 2 aliphatic heterocycles. The smallest absolute Gasteiger partial charge is 0.0776 e. The van der Waals surface area contributed by atoms with Crippen LogP contribution in [0.4, 0.5) is 0 Å². The van der Waals surface area contributed by atoms with Gasteiger partial charge in [0.15, 0.2) is 0 Å². The van der Waals surface area contributed by atoms with Gasteiger partial charge in [-0.2, -0.15) is 0 Å². The molecule has 0 bridgehead atoms. The molecule has 2 heterocycles. The number of hydrogen-bond donors (Lipinski definition) is 0. The summed E-state index contributed by atoms with van der Waals surface area (Å²) in [5, 5.41) is 0. The van der Waals surface area contributed by atoms with Crippen molar-refractivity contribution in [3.05, 3.63) is 11.8 Å². The fraction of sp³-hybridized carbons (Fsp3) is 0.429. The third-order valence-electron chi connectivity index (χ3n) is 1.71. The maximum atomic E-state index is 4.27. The highest BCUT2D eigenvalue weighted by atomic mass is 14.8. The summed E-state index contributed by atoms with van der Waals surface area (Å²) in [5.74, 6) is 0. The van der Waals surface area contributed by atoms with Crippen molar-refractivity contribution in [2.75, 3.05) is 0 Å². The standard InChI is InChI=1S/C7H8N2/c1-4-9-7-2-3-8-5-6(1)7/h3-5,7H,1-2H2. The molecular weight excluding hydrogens is 112 g/mol. The first-order chi connectivity index (χ1) is 4.47. The van der Waals surface area contributed by atoms with Crippen LogP contribution in [0.3, 0.4) is 0 Å². The second-order valence-electron chi connectivity index (χ2n) is 2.32. The minimum absolute atomic E-state index is 0.447. The Labute approximate surface area is 54.0 Å². The molecule has 9 heavy (non-hydrogen) atoms. The number of aliphatic imine (C=N–C) groups is 2. The van der Waals surface area contributed by atoms with E-state index in [1.807, 2.05) is 18.6 Å². The fourth-order valence-electron chi connectivity index (χ4n) is 1.18. The second-order valence-corrected chi connectivity index (χ2v) is 2.32. The lowest BCUT2D eigenvalue weighted by Gasteiger charge is -2.08. The van der Waals surface area contributed by atoms with Crippen molar-refractivity contribution >= 4 is 12.4 Å². The van der Waals surface area contributed by atoms with Gasteiger partial charge in [0.05, 0.1) is 6.04 Å². The minimum Gasteiger partial charge on any atom is -0.289 e. The van der Waals surface area contributed by atoms with Crippen LogP contribution in [0.1, 0.15) is 12.8 Å². The molecular formula is C7H8N2. The monoisotopic (exact) mass is 120 g/mol. The fourth-order valence-corrected chi connectivity index (χ4v) is 1.18. The Hall–Kier alpha value is -0.920. The highest BCUT2D eigenvalue weighted by Gasteiger charge is 2.16. The van der Waals surface area contributed by atoms with Crippen molar-refractivity contribution in [2.45, 2.75) is 18.9 Å². The molecule has 0 fully saturated rings. The van der Waals surface area contributed by atoms with E-state index < -0.39 is 0 Å². The number of hydrogen-bond acceptors (Lipinski definition) is 2. The molecule has 0 spiro atoms. The third-order valence-corrected chi connectivity index (χ3v) is 1.71. The molecule has 0 aromatic rings. The third kappa shape index (κ3) is 0.707. The van der Waals surface area contributed by atoms with Gasteiger partial charge in [-0.1, -0.05) is 0 Å². The number of fused-ring (bicyclic) bond motifs is 1. The number of nitrogens with zero attached hydrogens (tertiary/aromatic N) is 2. The van der Waals surface area contributed by atoms with Crippen molar-refractivity contribution in [3.63, 3.8) is 0 Å². The molecule has 0 N–H and O–H groups in total. The molecule has 2 rings (SSSR count). The van der Waals surface area contributed by atoms with Crippen molar-refractivity contribution in [3.8, 4) is 0 Å². The molecule has 0 aliphatic carbocycles. The van der Waals surface area contributed by atoms with Gasteiger partial charge in [0.25, 0.3) is 0 Å². The molecule has 0 radical (unpaired) electrons. The van der Waals surface area contributed by atoms with E-state index in [0.29, 0.717) is 6.04 Å². The Bertz CT molecular complexity index is 201. The Morgan fingerprint density at radius 1 is 1.44 bits per heavy atom. The molecule has 0 saturated heterocycles. The zero-order valence-electron chi connectivity index (χ0n) is 5.12. The lowest BCUT2D eigenvalue weighted by molar-refractivity contribution is 0.825. The maximum Gasteiger partial charge on any atom is 0.0776 e. The highest BCUT2D eigenvalue weighted by molar-refractivity contribution is 5.71. The van der Waals surface area contributed by atoms with Crippen LogP contribution in [-0.2, 0) is 0 Å². The Kier molecular flexibility index (Phi) is 0.979. The average molecular weight is 120 g/mol. The summed E-state index contributed by atoms with van der Waals surface area (Å²) >= 11 is 0. The summed E-state index contributed by atoms with van der Waals surface area (Å²) in [4.78, 5) is 8.33. The molecule has 0 aromatic carbocycles. The van der Waals surface area contributed by atoms with Gasteiger partial charge in [0.2, 0.25) is 0 Å². The van der Waals surface area contributed by atoms with Crippen LogP contribution in [0, 0.1) is 0 Å². The summed E-state index contributed by atoms with van der Waals surface area (Å²) in [6, 6.07) is 0.447. The van der Waals surface area contributed by atoms with Gasteiger partial charge in [-0.25, -0.2) is 0 Å². The van der Waals surface area contributed by atoms with Gasteiger partial charge in [-0.15, -0.1) is 0 Å². The predicted molar refractivity (Wildman–Crippen MR) is 38.1 cm³/mol. The Morgan fingerprint density at radius 3 is 3.33 bits per heavy atom. The summed E-state index contributed by atoms with van der Waals surface area (Å²) in [7, 11) is 0. The maximum absolute atomic E-state index is 4.27. The Morgan fingerprint density at radius 2 is 2.44 bits per heavy atom. The molecule has 1 unspecified atom stereocenters. The highest BCUT2D eigenvalue weighted by Crippen LogP contribution is 2.20. The van der Waals surface area contributed by atoms with Crippen LogP contribution < -0.4 is 0 Å². The van der Waals surface area contributed by atoms with Crippen LogP contribution in [0.5, 0.6) is 0 Å². The van der Waals surface area contributed by atoms with Gasteiger partial charge >= 0.3 is 0 Å². The van der Waals surface area contributed by atoms with E-state index in [4.69, 9.17) is 0 Å². The molecule has 46 valence electrons. The van der Waals surface area contributed by atoms with Crippen LogP contribution in [0.15, 0.2) is 21.8 Å². The van der Waals surface area contributed by atoms with Crippen molar-refractivity contribution in [1.29, 1.82) is 0 Å². The average Bonchev–Trinajstić information content (AvgIpc) is 2.33. The van der Waals surface area contributed by atoms with E-state index in [2.05, 4.69) is 9.98 Å². The van der Waals surface area contributed by atoms with Crippen molar-refractivity contribution in [2.24, 2.45) is 9.98 Å². The van der Waals surface area contributed by atoms with E-state index >= 15 is 0 Å². The van der Waals surface area contributed by atoms with E-state index in [0.717, 1.165) is 12.8 Å². The van der Waals surface area contributed by atoms with E-state index in [-0.39, 0.29) is 0 Å². The summed E-state index contributed by atoms with van der Waals surface area (Å²) in [6.07, 6.45) is 7.85. The van der Waals surface area contributed by atoms with E-state index in [1.54, 1.807) is 0 Å². The lowest BCUT2D eigenvalue weighted by atomic mass is 10.1. The largest absolute Gasteiger partial charge is 0.289 e. The van der Waals surface area contributed by atoms with Gasteiger partial charge in [-0.05, 0) is 5.57 Å². The summed E-state index contributed by atoms with van der Waals surface area (Å²) < 4.78 is 0. The topological polar surface area (TPSA) is 24.7 Å². The molecule has 2 nitrogen and oxygen atoms in total. The van der Waals surface area contributed by atoms with Crippen LogP contribution >= 0.6 is 0 Å². The van der Waals surface area contributed by atoms with Crippen LogP contribution in [0.25, 0.3) is 0 Å². The predicted octanol–water partition coefficient (Wildman–Crippen LogP) is 1.19. The van der Waals surface area contributed by atoms with Gasteiger partial charge < -0.3 is 0 Å². The van der Waals surface area contributed by atoms with Crippen LogP contribution in [-0.4, -0.2) is 18.5 Å². The summed E-state index contributed by atoms with van der Waals surface area (Å²) in [6.45, 7) is 0. The SMILES string of the molecule is C1=NC=C2CC=NC2C1. The minimum atomic E-state index is 0.447. The quantitative estimate of drug-likeness (QED) is 0.458. The number of rotatable bonds is 0. The first kappa shape index (κ1) is 4.91. The second kappa shape index (κ2) is 1.79.